The van der Waals surface area contributed by atoms with Gasteiger partial charge >= 0.3 is 0 Å². The fourth-order valence-electron chi connectivity index (χ4n) is 3.91. The molecule has 7 heteroatoms. The maximum Gasteiger partial charge on any atom is 0.261 e. The van der Waals surface area contributed by atoms with Crippen LogP contribution in [-0.4, -0.2) is 34.9 Å². The first kappa shape index (κ1) is 28.5. The number of carbonyl (C=O) groups is 2. The van der Waals surface area contributed by atoms with Gasteiger partial charge < -0.3 is 15.0 Å². The number of ether oxygens (including phenoxy) is 1. The highest BCUT2D eigenvalue weighted by Gasteiger charge is 2.33. The third kappa shape index (κ3) is 8.51. The van der Waals surface area contributed by atoms with Crippen molar-refractivity contribution >= 4 is 35.0 Å². The molecule has 0 aromatic heterocycles. The predicted octanol–water partition coefficient (Wildman–Crippen LogP) is 6.49. The largest absolute Gasteiger partial charge is 0.484 e. The first-order valence-electron chi connectivity index (χ1n) is 12.4. The van der Waals surface area contributed by atoms with E-state index in [1.165, 1.54) is 10.5 Å². The molecule has 0 saturated carbocycles. The number of nitrogens with one attached hydrogen (secondary N) is 1. The number of benzene rings is 3. The molecule has 3 aromatic rings. The SMILES string of the molecule is CCc1ccc(OCC(=O)N(Cc2c(Cl)cccc2Cl)[C@H](Cc2ccccc2)C(=O)NC(C)(C)C)cc1. The summed E-state index contributed by atoms with van der Waals surface area (Å²) in [5, 5.41) is 3.89. The third-order valence-electron chi connectivity index (χ3n) is 5.85. The summed E-state index contributed by atoms with van der Waals surface area (Å²) in [7, 11) is 0. The third-order valence-corrected chi connectivity index (χ3v) is 6.56. The van der Waals surface area contributed by atoms with Crippen molar-refractivity contribution in [1.29, 1.82) is 0 Å². The first-order chi connectivity index (χ1) is 17.6. The van der Waals surface area contributed by atoms with Gasteiger partial charge in [-0.3, -0.25) is 9.59 Å². The van der Waals surface area contributed by atoms with Crippen molar-refractivity contribution in [2.75, 3.05) is 6.61 Å². The number of halogens is 2. The van der Waals surface area contributed by atoms with Crippen LogP contribution in [0.2, 0.25) is 10.0 Å². The van der Waals surface area contributed by atoms with Crippen LogP contribution in [0.25, 0.3) is 0 Å². The van der Waals surface area contributed by atoms with Gasteiger partial charge in [0, 0.05) is 34.1 Å². The molecule has 0 fully saturated rings. The zero-order valence-electron chi connectivity index (χ0n) is 21.8. The van der Waals surface area contributed by atoms with E-state index >= 15 is 0 Å². The molecule has 0 unspecified atom stereocenters. The number of rotatable bonds is 10. The number of carbonyl (C=O) groups excluding carboxylic acids is 2. The van der Waals surface area contributed by atoms with Crippen LogP contribution in [0.15, 0.2) is 72.8 Å². The van der Waals surface area contributed by atoms with Crippen molar-refractivity contribution < 1.29 is 14.3 Å². The van der Waals surface area contributed by atoms with Crippen LogP contribution in [0.5, 0.6) is 5.75 Å². The number of aryl methyl sites for hydroxylation is 1. The Labute approximate surface area is 229 Å². The Bertz CT molecular complexity index is 1170. The highest BCUT2D eigenvalue weighted by Crippen LogP contribution is 2.27. The number of nitrogens with zero attached hydrogens (tertiary/aromatic N) is 1. The van der Waals surface area contributed by atoms with Crippen LogP contribution in [-0.2, 0) is 29.0 Å². The summed E-state index contributed by atoms with van der Waals surface area (Å²) in [6.07, 6.45) is 1.23. The molecular formula is C30H34Cl2N2O3. The topological polar surface area (TPSA) is 58.6 Å². The summed E-state index contributed by atoms with van der Waals surface area (Å²) in [6.45, 7) is 7.62. The van der Waals surface area contributed by atoms with E-state index in [4.69, 9.17) is 27.9 Å². The average molecular weight is 542 g/mol. The molecule has 37 heavy (non-hydrogen) atoms. The van der Waals surface area contributed by atoms with Crippen molar-refractivity contribution in [3.05, 3.63) is 99.5 Å². The monoisotopic (exact) mass is 540 g/mol. The summed E-state index contributed by atoms with van der Waals surface area (Å²) in [6, 6.07) is 21.6. The van der Waals surface area contributed by atoms with E-state index in [0.29, 0.717) is 27.8 Å². The highest BCUT2D eigenvalue weighted by molar-refractivity contribution is 6.36. The zero-order valence-corrected chi connectivity index (χ0v) is 23.3. The van der Waals surface area contributed by atoms with Gasteiger partial charge in [-0.05, 0) is 62.6 Å². The van der Waals surface area contributed by atoms with Crippen molar-refractivity contribution in [2.45, 2.75) is 58.7 Å². The van der Waals surface area contributed by atoms with Gasteiger partial charge in [-0.15, -0.1) is 0 Å². The smallest absolute Gasteiger partial charge is 0.261 e. The van der Waals surface area contributed by atoms with E-state index in [1.54, 1.807) is 18.2 Å². The Morgan fingerprint density at radius 1 is 0.892 bits per heavy atom. The summed E-state index contributed by atoms with van der Waals surface area (Å²) >= 11 is 13.0. The molecule has 196 valence electrons. The second-order valence-electron chi connectivity index (χ2n) is 9.95. The van der Waals surface area contributed by atoms with Crippen LogP contribution >= 0.6 is 23.2 Å². The van der Waals surface area contributed by atoms with Crippen molar-refractivity contribution in [3.63, 3.8) is 0 Å². The second-order valence-corrected chi connectivity index (χ2v) is 10.8. The molecule has 1 atom stereocenters. The standard InChI is InChI=1S/C30H34Cl2N2O3/c1-5-21-14-16-23(17-15-21)37-20-28(35)34(19-24-25(31)12-9-13-26(24)32)27(29(36)33-30(2,3)4)18-22-10-7-6-8-11-22/h6-17,27H,5,18-20H2,1-4H3,(H,33,36)/t27-/m1/s1. The summed E-state index contributed by atoms with van der Waals surface area (Å²) in [4.78, 5) is 28.8. The minimum absolute atomic E-state index is 0.0601. The summed E-state index contributed by atoms with van der Waals surface area (Å²) in [5.74, 6) is -0.0271. The zero-order chi connectivity index (χ0) is 27.0. The minimum atomic E-state index is -0.812. The van der Waals surface area contributed by atoms with Crippen molar-refractivity contribution in [1.82, 2.24) is 10.2 Å². The van der Waals surface area contributed by atoms with E-state index in [2.05, 4.69) is 12.2 Å². The van der Waals surface area contributed by atoms with Gasteiger partial charge in [-0.25, -0.2) is 0 Å². The maximum atomic E-state index is 13.7. The van der Waals surface area contributed by atoms with Crippen molar-refractivity contribution in [2.24, 2.45) is 0 Å². The van der Waals surface area contributed by atoms with E-state index < -0.39 is 11.6 Å². The number of amides is 2. The molecule has 0 bridgehead atoms. The van der Waals surface area contributed by atoms with Gasteiger partial charge in [-0.1, -0.05) is 78.7 Å². The fraction of sp³-hybridized carbons (Fsp3) is 0.333. The summed E-state index contributed by atoms with van der Waals surface area (Å²) in [5.41, 5.74) is 2.19. The normalized spacial score (nSPS) is 12.1. The Balaban J connectivity index is 1.96. The number of hydrogen-bond donors (Lipinski definition) is 1. The number of hydrogen-bond acceptors (Lipinski definition) is 3. The predicted molar refractivity (Wildman–Crippen MR) is 150 cm³/mol. The van der Waals surface area contributed by atoms with Crippen LogP contribution < -0.4 is 10.1 Å². The molecule has 0 saturated heterocycles. The van der Waals surface area contributed by atoms with Crippen LogP contribution in [0.3, 0.4) is 0 Å². The van der Waals surface area contributed by atoms with Gasteiger partial charge in [0.1, 0.15) is 11.8 Å². The molecule has 3 rings (SSSR count). The molecule has 0 heterocycles. The first-order valence-corrected chi connectivity index (χ1v) is 13.1. The molecule has 3 aromatic carbocycles. The Morgan fingerprint density at radius 2 is 1.51 bits per heavy atom. The molecule has 0 spiro atoms. The second kappa shape index (κ2) is 13.0. The van der Waals surface area contributed by atoms with Gasteiger partial charge in [0.25, 0.3) is 5.91 Å². The molecule has 2 amide bonds. The minimum Gasteiger partial charge on any atom is -0.484 e. The highest BCUT2D eigenvalue weighted by atomic mass is 35.5. The van der Waals surface area contributed by atoms with Gasteiger partial charge in [0.2, 0.25) is 5.91 Å². The quantitative estimate of drug-likeness (QED) is 0.319. The molecule has 0 radical (unpaired) electrons. The Kier molecular flexibility index (Phi) is 10.0. The van der Waals surface area contributed by atoms with E-state index in [1.807, 2.05) is 75.4 Å². The van der Waals surface area contributed by atoms with Crippen LogP contribution in [0.4, 0.5) is 0 Å². The van der Waals surface area contributed by atoms with E-state index in [0.717, 1.165) is 12.0 Å². The van der Waals surface area contributed by atoms with Crippen LogP contribution in [0, 0.1) is 0 Å². The molecule has 0 aliphatic carbocycles. The lowest BCUT2D eigenvalue weighted by molar-refractivity contribution is -0.143. The molecule has 5 nitrogen and oxygen atoms in total. The molecule has 0 aliphatic heterocycles. The van der Waals surface area contributed by atoms with E-state index in [-0.39, 0.29) is 25.0 Å². The summed E-state index contributed by atoms with van der Waals surface area (Å²) < 4.78 is 5.84. The average Bonchev–Trinajstić information content (AvgIpc) is 2.86. The fourth-order valence-corrected chi connectivity index (χ4v) is 4.43. The van der Waals surface area contributed by atoms with Gasteiger partial charge in [0.05, 0.1) is 0 Å². The lowest BCUT2D eigenvalue weighted by Gasteiger charge is -2.34. The van der Waals surface area contributed by atoms with Crippen LogP contribution in [0.1, 0.15) is 44.4 Å². The molecule has 1 N–H and O–H groups in total. The van der Waals surface area contributed by atoms with Gasteiger partial charge in [-0.2, -0.15) is 0 Å². The van der Waals surface area contributed by atoms with Crippen molar-refractivity contribution in [3.8, 4) is 5.75 Å². The lowest BCUT2D eigenvalue weighted by Crippen LogP contribution is -2.55. The Morgan fingerprint density at radius 3 is 2.08 bits per heavy atom. The molecule has 0 aliphatic rings. The lowest BCUT2D eigenvalue weighted by atomic mass is 10.0. The van der Waals surface area contributed by atoms with E-state index in [9.17, 15) is 9.59 Å². The Hall–Kier alpha value is -3.02. The van der Waals surface area contributed by atoms with Gasteiger partial charge in [0.15, 0.2) is 6.61 Å². The molecular weight excluding hydrogens is 507 g/mol. The maximum absolute atomic E-state index is 13.7.